The lowest BCUT2D eigenvalue weighted by Gasteiger charge is -2.38. The summed E-state index contributed by atoms with van der Waals surface area (Å²) in [5, 5.41) is 0. The smallest absolute Gasteiger partial charge is 0.325 e. The monoisotopic (exact) mass is 288 g/mol. The van der Waals surface area contributed by atoms with Crippen LogP contribution in [0.4, 0.5) is 0 Å². The number of nitrogens with one attached hydrogen (secondary N) is 2. The summed E-state index contributed by atoms with van der Waals surface area (Å²) in [6, 6.07) is 1.77. The van der Waals surface area contributed by atoms with E-state index >= 15 is 0 Å². The highest BCUT2D eigenvalue weighted by Gasteiger charge is 2.29. The Morgan fingerprint density at radius 3 is 3.10 bits per heavy atom. The Morgan fingerprint density at radius 2 is 2.33 bits per heavy atom. The number of nitrogens with zero attached hydrogens (tertiary/aromatic N) is 2. The first kappa shape index (κ1) is 13.6. The number of aromatic nitrogens is 3. The number of ether oxygens (including phenoxy) is 1. The van der Waals surface area contributed by atoms with Crippen LogP contribution in [0.5, 0.6) is 0 Å². The Labute approximate surface area is 120 Å². The fourth-order valence-corrected chi connectivity index (χ4v) is 2.26. The van der Waals surface area contributed by atoms with Crippen LogP contribution in [0.2, 0.25) is 0 Å². The first-order valence-corrected chi connectivity index (χ1v) is 6.82. The molecule has 21 heavy (non-hydrogen) atoms. The molecule has 1 fully saturated rings. The first-order chi connectivity index (χ1) is 10.2. The molecule has 7 heteroatoms. The van der Waals surface area contributed by atoms with E-state index in [4.69, 9.17) is 4.74 Å². The molecule has 2 aromatic rings. The number of hydrogen-bond acceptors (Lipinski definition) is 4. The van der Waals surface area contributed by atoms with Crippen LogP contribution in [0, 0.1) is 0 Å². The molecular weight excluding hydrogens is 272 g/mol. The number of aromatic amines is 2. The average molecular weight is 288 g/mol. The van der Waals surface area contributed by atoms with Gasteiger partial charge in [0.25, 0.3) is 0 Å². The van der Waals surface area contributed by atoms with Gasteiger partial charge in [-0.2, -0.15) is 0 Å². The number of imidazole rings is 1. The minimum Gasteiger partial charge on any atom is -0.375 e. The van der Waals surface area contributed by atoms with Crippen LogP contribution < -0.4 is 5.69 Å². The molecule has 1 aliphatic heterocycles. The largest absolute Gasteiger partial charge is 0.375 e. The van der Waals surface area contributed by atoms with Gasteiger partial charge in [-0.05, 0) is 24.6 Å². The van der Waals surface area contributed by atoms with Crippen molar-refractivity contribution in [3.63, 3.8) is 0 Å². The van der Waals surface area contributed by atoms with E-state index < -0.39 is 0 Å². The fraction of sp³-hybridized carbons (Fsp3) is 0.357. The lowest BCUT2D eigenvalue weighted by atomic mass is 10.1. The molecule has 0 unspecified atom stereocenters. The third kappa shape index (κ3) is 2.87. The molecule has 0 bridgehead atoms. The first-order valence-electron chi connectivity index (χ1n) is 6.82. The van der Waals surface area contributed by atoms with Gasteiger partial charge >= 0.3 is 5.69 Å². The number of rotatable bonds is 4. The van der Waals surface area contributed by atoms with Crippen LogP contribution in [0.3, 0.4) is 0 Å². The zero-order valence-electron chi connectivity index (χ0n) is 11.6. The molecule has 0 radical (unpaired) electrons. The minimum absolute atomic E-state index is 0.0476. The van der Waals surface area contributed by atoms with Crippen LogP contribution in [0.1, 0.15) is 12.5 Å². The number of carbonyl (C=O) groups excluding carboxylic acids is 1. The summed E-state index contributed by atoms with van der Waals surface area (Å²) in [4.78, 5) is 34.1. The fourth-order valence-electron chi connectivity index (χ4n) is 2.26. The predicted molar refractivity (Wildman–Crippen MR) is 77.7 cm³/mol. The van der Waals surface area contributed by atoms with Gasteiger partial charge in [-0.15, -0.1) is 0 Å². The summed E-state index contributed by atoms with van der Waals surface area (Å²) in [6.07, 6.45) is 4.97. The van der Waals surface area contributed by atoms with Crippen LogP contribution in [0.15, 0.2) is 23.1 Å². The van der Waals surface area contributed by atoms with E-state index in [0.717, 1.165) is 5.56 Å². The van der Waals surface area contributed by atoms with Crippen molar-refractivity contribution in [2.45, 2.75) is 13.0 Å². The molecule has 1 saturated heterocycles. The molecule has 2 aromatic heterocycles. The molecule has 7 nitrogen and oxygen atoms in total. The lowest BCUT2D eigenvalue weighted by Crippen LogP contribution is -2.54. The number of fused-ring (bicyclic) bond motifs is 1. The van der Waals surface area contributed by atoms with Gasteiger partial charge in [0.15, 0.2) is 5.65 Å². The van der Waals surface area contributed by atoms with E-state index in [1.807, 2.05) is 6.92 Å². The summed E-state index contributed by atoms with van der Waals surface area (Å²) >= 11 is 0. The second-order valence-corrected chi connectivity index (χ2v) is 4.90. The molecular formula is C14H16N4O3. The van der Waals surface area contributed by atoms with Gasteiger partial charge in [-0.25, -0.2) is 9.78 Å². The number of pyridine rings is 1. The maximum atomic E-state index is 11.9. The molecule has 2 N–H and O–H groups in total. The summed E-state index contributed by atoms with van der Waals surface area (Å²) in [6.45, 7) is 3.89. The van der Waals surface area contributed by atoms with Crippen molar-refractivity contribution >= 4 is 23.1 Å². The molecule has 110 valence electrons. The van der Waals surface area contributed by atoms with Crippen molar-refractivity contribution < 1.29 is 9.53 Å². The molecule has 0 aromatic carbocycles. The Bertz CT molecular complexity index is 740. The normalized spacial score (nSPS) is 15.8. The minimum atomic E-state index is -0.294. The van der Waals surface area contributed by atoms with Crippen molar-refractivity contribution in [1.82, 2.24) is 19.9 Å². The zero-order valence-corrected chi connectivity index (χ0v) is 11.6. The van der Waals surface area contributed by atoms with E-state index in [2.05, 4.69) is 15.0 Å². The second-order valence-electron chi connectivity index (χ2n) is 4.90. The number of amides is 1. The van der Waals surface area contributed by atoms with Gasteiger partial charge in [0.2, 0.25) is 5.91 Å². The van der Waals surface area contributed by atoms with E-state index in [1.54, 1.807) is 23.2 Å². The molecule has 0 atom stereocenters. The molecule has 0 aliphatic carbocycles. The maximum Gasteiger partial charge on any atom is 0.325 e. The zero-order chi connectivity index (χ0) is 14.8. The van der Waals surface area contributed by atoms with Crippen LogP contribution in [-0.4, -0.2) is 51.6 Å². The van der Waals surface area contributed by atoms with Crippen molar-refractivity contribution in [3.8, 4) is 0 Å². The predicted octanol–water partition coefficient (Wildman–Crippen LogP) is 0.512. The molecule has 0 saturated carbocycles. The van der Waals surface area contributed by atoms with Crippen LogP contribution in [0.25, 0.3) is 17.2 Å². The van der Waals surface area contributed by atoms with Gasteiger partial charge in [0.1, 0.15) is 0 Å². The molecule has 1 aliphatic rings. The van der Waals surface area contributed by atoms with Gasteiger partial charge in [0.05, 0.1) is 11.6 Å². The topological polar surface area (TPSA) is 91.1 Å². The second kappa shape index (κ2) is 5.53. The Hall–Kier alpha value is -2.41. The maximum absolute atomic E-state index is 11.9. The van der Waals surface area contributed by atoms with E-state index in [9.17, 15) is 9.59 Å². The number of carbonyl (C=O) groups is 1. The highest BCUT2D eigenvalue weighted by molar-refractivity contribution is 5.92. The van der Waals surface area contributed by atoms with E-state index in [1.165, 1.54) is 6.08 Å². The van der Waals surface area contributed by atoms with Gasteiger partial charge in [-0.1, -0.05) is 0 Å². The van der Waals surface area contributed by atoms with Gasteiger partial charge in [-0.3, -0.25) is 9.78 Å². The lowest BCUT2D eigenvalue weighted by molar-refractivity contribution is -0.139. The molecule has 3 heterocycles. The Morgan fingerprint density at radius 1 is 1.52 bits per heavy atom. The quantitative estimate of drug-likeness (QED) is 0.802. The standard InChI is InChI=1S/C14H16N4O3/c1-2-21-10-7-18(8-10)12(19)4-3-9-5-11-13(15-6-9)17-14(20)16-11/h3-6,10H,2,7-8H2,1H3,(H2,15,16,17,20). The van der Waals surface area contributed by atoms with Crippen molar-refractivity contribution in [1.29, 1.82) is 0 Å². The third-order valence-electron chi connectivity index (χ3n) is 3.37. The summed E-state index contributed by atoms with van der Waals surface area (Å²) < 4.78 is 5.41. The number of hydrogen-bond donors (Lipinski definition) is 2. The Balaban J connectivity index is 1.64. The van der Waals surface area contributed by atoms with Gasteiger partial charge in [0, 0.05) is 32.0 Å². The summed E-state index contributed by atoms with van der Waals surface area (Å²) in [7, 11) is 0. The molecule has 3 rings (SSSR count). The number of likely N-dealkylation sites (tertiary alicyclic amines) is 1. The molecule has 1 amide bonds. The molecule has 0 spiro atoms. The Kier molecular flexibility index (Phi) is 3.57. The van der Waals surface area contributed by atoms with E-state index in [-0.39, 0.29) is 17.7 Å². The highest BCUT2D eigenvalue weighted by Crippen LogP contribution is 2.13. The van der Waals surface area contributed by atoms with Crippen LogP contribution >= 0.6 is 0 Å². The van der Waals surface area contributed by atoms with Gasteiger partial charge < -0.3 is 14.6 Å². The summed E-state index contributed by atoms with van der Waals surface area (Å²) in [5.41, 5.74) is 1.59. The summed E-state index contributed by atoms with van der Waals surface area (Å²) in [5.74, 6) is -0.0476. The van der Waals surface area contributed by atoms with Crippen molar-refractivity contribution in [2.24, 2.45) is 0 Å². The van der Waals surface area contributed by atoms with Crippen molar-refractivity contribution in [3.05, 3.63) is 34.4 Å². The average Bonchev–Trinajstić information content (AvgIpc) is 2.79. The SMILES string of the molecule is CCOC1CN(C(=O)C=Cc2cnc3[nH]c(=O)[nH]c3c2)C1. The third-order valence-corrected chi connectivity index (χ3v) is 3.37. The van der Waals surface area contributed by atoms with Crippen molar-refractivity contribution in [2.75, 3.05) is 19.7 Å². The highest BCUT2D eigenvalue weighted by atomic mass is 16.5. The van der Waals surface area contributed by atoms with E-state index in [0.29, 0.717) is 30.9 Å². The van der Waals surface area contributed by atoms with Crippen LogP contribution in [-0.2, 0) is 9.53 Å². The number of H-pyrrole nitrogens is 2.